The van der Waals surface area contributed by atoms with Gasteiger partial charge in [0.05, 0.1) is 0 Å². The molecule has 0 atom stereocenters. The van der Waals surface area contributed by atoms with Crippen LogP contribution in [0.15, 0.2) is 52.4 Å². The molecule has 0 spiro atoms. The van der Waals surface area contributed by atoms with Crippen molar-refractivity contribution in [3.8, 4) is 11.3 Å². The Kier molecular flexibility index (Phi) is 2.64. The van der Waals surface area contributed by atoms with Crippen molar-refractivity contribution in [2.24, 2.45) is 5.18 Å². The summed E-state index contributed by atoms with van der Waals surface area (Å²) in [6.07, 6.45) is 3.34. The maximum atomic E-state index is 11.0. The molecule has 0 radical (unpaired) electrons. The van der Waals surface area contributed by atoms with E-state index in [2.05, 4.69) is 31.1 Å². The summed E-state index contributed by atoms with van der Waals surface area (Å²) in [7, 11) is 0. The molecular formula is C12H7BrN4O. The highest BCUT2D eigenvalue weighted by Gasteiger charge is 2.15. The van der Waals surface area contributed by atoms with Crippen LogP contribution < -0.4 is 0 Å². The minimum Gasteiger partial charge on any atom is -0.265 e. The minimum atomic E-state index is 0.260. The molecule has 0 N–H and O–H groups in total. The van der Waals surface area contributed by atoms with Crippen molar-refractivity contribution in [3.05, 3.63) is 52.1 Å². The number of imidazole rings is 1. The van der Waals surface area contributed by atoms with Gasteiger partial charge >= 0.3 is 0 Å². The second-order valence-corrected chi connectivity index (χ2v) is 4.59. The first kappa shape index (κ1) is 11.0. The summed E-state index contributed by atoms with van der Waals surface area (Å²) < 4.78 is 2.49. The van der Waals surface area contributed by atoms with Crippen LogP contribution in [0.2, 0.25) is 0 Å². The number of nitroso groups, excluding NO2 is 1. The van der Waals surface area contributed by atoms with Crippen molar-refractivity contribution < 1.29 is 0 Å². The number of aromatic nitrogens is 3. The quantitative estimate of drug-likeness (QED) is 0.680. The number of hydrogen-bond acceptors (Lipinski definition) is 4. The lowest BCUT2D eigenvalue weighted by molar-refractivity contribution is 1.10. The maximum absolute atomic E-state index is 11.0. The van der Waals surface area contributed by atoms with E-state index in [1.807, 2.05) is 24.3 Å². The zero-order chi connectivity index (χ0) is 12.5. The van der Waals surface area contributed by atoms with Gasteiger partial charge in [0.1, 0.15) is 5.69 Å². The predicted octanol–water partition coefficient (Wildman–Crippen LogP) is 3.56. The highest BCUT2D eigenvalue weighted by atomic mass is 79.9. The molecule has 0 aliphatic carbocycles. The monoisotopic (exact) mass is 302 g/mol. The van der Waals surface area contributed by atoms with E-state index < -0.39 is 0 Å². The number of nitrogens with zero attached hydrogens (tertiary/aromatic N) is 4. The standard InChI is InChI=1S/C12H7BrN4O/c13-9-4-1-3-8(7-9)10-11(16-18)17-6-2-5-14-12(17)15-10/h1-7H. The minimum absolute atomic E-state index is 0.260. The van der Waals surface area contributed by atoms with Crippen molar-refractivity contribution in [1.82, 2.24) is 14.4 Å². The van der Waals surface area contributed by atoms with Crippen molar-refractivity contribution in [2.75, 3.05) is 0 Å². The molecule has 3 aromatic rings. The van der Waals surface area contributed by atoms with Crippen molar-refractivity contribution >= 4 is 27.5 Å². The lowest BCUT2D eigenvalue weighted by atomic mass is 10.1. The number of rotatable bonds is 2. The maximum Gasteiger partial charge on any atom is 0.236 e. The van der Waals surface area contributed by atoms with Crippen LogP contribution >= 0.6 is 15.9 Å². The van der Waals surface area contributed by atoms with E-state index in [0.717, 1.165) is 10.0 Å². The average molecular weight is 303 g/mol. The molecule has 6 heteroatoms. The van der Waals surface area contributed by atoms with E-state index in [-0.39, 0.29) is 5.82 Å². The third kappa shape index (κ3) is 1.70. The number of benzene rings is 1. The van der Waals surface area contributed by atoms with Gasteiger partial charge in [0.2, 0.25) is 11.6 Å². The van der Waals surface area contributed by atoms with Gasteiger partial charge in [0, 0.05) is 22.4 Å². The Morgan fingerprint density at radius 1 is 1.28 bits per heavy atom. The summed E-state index contributed by atoms with van der Waals surface area (Å²) in [5.41, 5.74) is 1.36. The first-order valence-electron chi connectivity index (χ1n) is 5.22. The Balaban J connectivity index is 2.32. The summed E-state index contributed by atoms with van der Waals surface area (Å²) in [5, 5.41) is 3.06. The summed E-state index contributed by atoms with van der Waals surface area (Å²) in [5.74, 6) is 0.721. The summed E-state index contributed by atoms with van der Waals surface area (Å²) >= 11 is 3.39. The zero-order valence-electron chi connectivity index (χ0n) is 9.12. The third-order valence-corrected chi connectivity index (χ3v) is 3.06. The molecular weight excluding hydrogens is 296 g/mol. The Labute approximate surface area is 111 Å². The first-order chi connectivity index (χ1) is 8.79. The Bertz CT molecular complexity index is 738. The molecule has 0 saturated carbocycles. The van der Waals surface area contributed by atoms with E-state index in [1.54, 1.807) is 22.9 Å². The van der Waals surface area contributed by atoms with Gasteiger partial charge in [-0.25, -0.2) is 9.97 Å². The molecule has 2 heterocycles. The Morgan fingerprint density at radius 2 is 2.17 bits per heavy atom. The summed E-state index contributed by atoms with van der Waals surface area (Å²) in [6.45, 7) is 0. The molecule has 0 amide bonds. The van der Waals surface area contributed by atoms with Gasteiger partial charge in [-0.3, -0.25) is 4.40 Å². The highest BCUT2D eigenvalue weighted by molar-refractivity contribution is 9.10. The molecule has 0 aliphatic rings. The normalized spacial score (nSPS) is 10.7. The molecule has 88 valence electrons. The zero-order valence-corrected chi connectivity index (χ0v) is 10.7. The number of hydrogen-bond donors (Lipinski definition) is 0. The molecule has 0 saturated heterocycles. The molecule has 1 aromatic carbocycles. The summed E-state index contributed by atoms with van der Waals surface area (Å²) in [4.78, 5) is 19.4. The van der Waals surface area contributed by atoms with E-state index in [0.29, 0.717) is 11.5 Å². The van der Waals surface area contributed by atoms with E-state index >= 15 is 0 Å². The largest absolute Gasteiger partial charge is 0.265 e. The molecule has 0 fully saturated rings. The fourth-order valence-corrected chi connectivity index (χ4v) is 2.19. The second kappa shape index (κ2) is 4.30. The summed E-state index contributed by atoms with van der Waals surface area (Å²) in [6, 6.07) is 9.28. The van der Waals surface area contributed by atoms with Crippen LogP contribution in [-0.2, 0) is 0 Å². The van der Waals surface area contributed by atoms with Crippen LogP contribution in [0.5, 0.6) is 0 Å². The van der Waals surface area contributed by atoms with Gasteiger partial charge in [0.25, 0.3) is 0 Å². The van der Waals surface area contributed by atoms with Crippen LogP contribution in [0.25, 0.3) is 17.0 Å². The Hall–Kier alpha value is -2.08. The first-order valence-corrected chi connectivity index (χ1v) is 6.01. The van der Waals surface area contributed by atoms with E-state index in [9.17, 15) is 4.91 Å². The third-order valence-electron chi connectivity index (χ3n) is 2.56. The number of halogens is 1. The molecule has 0 aliphatic heterocycles. The molecule has 0 unspecified atom stereocenters. The smallest absolute Gasteiger partial charge is 0.236 e. The van der Waals surface area contributed by atoms with Gasteiger partial charge in [-0.1, -0.05) is 28.1 Å². The van der Waals surface area contributed by atoms with Crippen molar-refractivity contribution in [1.29, 1.82) is 0 Å². The van der Waals surface area contributed by atoms with Crippen molar-refractivity contribution in [2.45, 2.75) is 0 Å². The van der Waals surface area contributed by atoms with E-state index in [1.165, 1.54) is 0 Å². The topological polar surface area (TPSA) is 59.6 Å². The fourth-order valence-electron chi connectivity index (χ4n) is 1.79. The van der Waals surface area contributed by atoms with Crippen LogP contribution in [0.1, 0.15) is 0 Å². The molecule has 2 aromatic heterocycles. The van der Waals surface area contributed by atoms with Crippen LogP contribution in [-0.4, -0.2) is 14.4 Å². The lowest BCUT2D eigenvalue weighted by Crippen LogP contribution is -1.84. The van der Waals surface area contributed by atoms with Gasteiger partial charge < -0.3 is 0 Å². The van der Waals surface area contributed by atoms with Crippen molar-refractivity contribution in [3.63, 3.8) is 0 Å². The highest BCUT2D eigenvalue weighted by Crippen LogP contribution is 2.31. The molecule has 5 nitrogen and oxygen atoms in total. The predicted molar refractivity (Wildman–Crippen MR) is 71.6 cm³/mol. The number of fused-ring (bicyclic) bond motifs is 1. The molecule has 18 heavy (non-hydrogen) atoms. The lowest BCUT2D eigenvalue weighted by Gasteiger charge is -1.98. The Morgan fingerprint density at radius 3 is 2.94 bits per heavy atom. The van der Waals surface area contributed by atoms with Crippen LogP contribution in [0.4, 0.5) is 5.82 Å². The van der Waals surface area contributed by atoms with Gasteiger partial charge in [-0.05, 0) is 23.4 Å². The van der Waals surface area contributed by atoms with Crippen LogP contribution in [0, 0.1) is 4.91 Å². The molecule has 3 rings (SSSR count). The van der Waals surface area contributed by atoms with Gasteiger partial charge in [-0.2, -0.15) is 0 Å². The van der Waals surface area contributed by atoms with Gasteiger partial charge in [0.15, 0.2) is 0 Å². The average Bonchev–Trinajstić information content (AvgIpc) is 2.77. The van der Waals surface area contributed by atoms with Crippen LogP contribution in [0.3, 0.4) is 0 Å². The second-order valence-electron chi connectivity index (χ2n) is 3.68. The molecule has 0 bridgehead atoms. The fraction of sp³-hybridized carbons (Fsp3) is 0. The van der Waals surface area contributed by atoms with E-state index in [4.69, 9.17) is 0 Å². The van der Waals surface area contributed by atoms with Gasteiger partial charge in [-0.15, -0.1) is 4.91 Å². The SMILES string of the molecule is O=Nc1c(-c2cccc(Br)c2)nc2ncccn12.